The maximum absolute atomic E-state index is 15.0. The van der Waals surface area contributed by atoms with Crippen molar-refractivity contribution in [3.63, 3.8) is 0 Å². The third-order valence-corrected chi connectivity index (χ3v) is 5.36. The Kier molecular flexibility index (Phi) is 6.45. The van der Waals surface area contributed by atoms with Crippen LogP contribution in [0.25, 0.3) is 11.1 Å². The second-order valence-electron chi connectivity index (χ2n) is 8.09. The summed E-state index contributed by atoms with van der Waals surface area (Å²) in [6.45, 7) is 3.35. The SMILES string of the molecule is C[C@]1(Cn2ccnn2)CN(c2ccc(-c3ccc(CNCCCF)cc3)c(F)c2)C(=O)O1. The number of aromatic nitrogens is 3. The first-order valence-corrected chi connectivity index (χ1v) is 10.5. The van der Waals surface area contributed by atoms with Crippen LogP contribution in [0.5, 0.6) is 0 Å². The summed E-state index contributed by atoms with van der Waals surface area (Å²) >= 11 is 0. The summed E-state index contributed by atoms with van der Waals surface area (Å²) in [4.78, 5) is 13.9. The molecule has 0 bridgehead atoms. The molecule has 168 valence electrons. The molecule has 1 fully saturated rings. The Labute approximate surface area is 185 Å². The zero-order chi connectivity index (χ0) is 22.6. The van der Waals surface area contributed by atoms with E-state index < -0.39 is 17.5 Å². The van der Waals surface area contributed by atoms with Crippen LogP contribution in [0, 0.1) is 5.82 Å². The number of cyclic esters (lactones) is 1. The van der Waals surface area contributed by atoms with Crippen molar-refractivity contribution in [3.8, 4) is 11.1 Å². The van der Waals surface area contributed by atoms with Crippen molar-refractivity contribution in [1.29, 1.82) is 0 Å². The lowest BCUT2D eigenvalue weighted by molar-refractivity contribution is 0.0545. The number of alkyl halides is 1. The normalized spacial score (nSPS) is 18.2. The first kappa shape index (κ1) is 21.9. The highest BCUT2D eigenvalue weighted by Gasteiger charge is 2.42. The van der Waals surface area contributed by atoms with Crippen LogP contribution >= 0.6 is 0 Å². The Morgan fingerprint density at radius 2 is 2.03 bits per heavy atom. The lowest BCUT2D eigenvalue weighted by atomic mass is 10.0. The molecule has 1 N–H and O–H groups in total. The predicted octanol–water partition coefficient (Wildman–Crippen LogP) is 3.95. The lowest BCUT2D eigenvalue weighted by Gasteiger charge is -2.21. The van der Waals surface area contributed by atoms with E-state index in [0.717, 1.165) is 11.1 Å². The Balaban J connectivity index is 1.44. The van der Waals surface area contributed by atoms with Gasteiger partial charge in [-0.05, 0) is 49.2 Å². The Bertz CT molecular complexity index is 1060. The zero-order valence-electron chi connectivity index (χ0n) is 17.8. The minimum atomic E-state index is -0.798. The van der Waals surface area contributed by atoms with Gasteiger partial charge in [-0.3, -0.25) is 9.29 Å². The fourth-order valence-electron chi connectivity index (χ4n) is 3.77. The van der Waals surface area contributed by atoms with Gasteiger partial charge in [-0.15, -0.1) is 5.10 Å². The number of nitrogens with one attached hydrogen (secondary N) is 1. The average Bonchev–Trinajstić information content (AvgIpc) is 3.38. The summed E-state index contributed by atoms with van der Waals surface area (Å²) in [5, 5.41) is 10.8. The maximum atomic E-state index is 15.0. The summed E-state index contributed by atoms with van der Waals surface area (Å²) in [6, 6.07) is 12.3. The molecule has 2 heterocycles. The number of carbonyl (C=O) groups excluding carboxylic acids is 1. The third-order valence-electron chi connectivity index (χ3n) is 5.36. The molecule has 1 aliphatic heterocycles. The highest BCUT2D eigenvalue weighted by molar-refractivity contribution is 5.90. The van der Waals surface area contributed by atoms with Crippen molar-refractivity contribution >= 4 is 11.8 Å². The molecule has 32 heavy (non-hydrogen) atoms. The van der Waals surface area contributed by atoms with Crippen LogP contribution in [0.15, 0.2) is 54.9 Å². The van der Waals surface area contributed by atoms with Crippen LogP contribution in [0.3, 0.4) is 0 Å². The molecule has 0 spiro atoms. The average molecular weight is 441 g/mol. The molecular formula is C23H25F2N5O2. The number of hydrogen-bond acceptors (Lipinski definition) is 5. The van der Waals surface area contributed by atoms with Gasteiger partial charge in [0.1, 0.15) is 11.4 Å². The number of ether oxygens (including phenoxy) is 1. The fraction of sp³-hybridized carbons (Fsp3) is 0.348. The smallest absolute Gasteiger partial charge is 0.415 e. The predicted molar refractivity (Wildman–Crippen MR) is 116 cm³/mol. The van der Waals surface area contributed by atoms with E-state index in [0.29, 0.717) is 37.3 Å². The van der Waals surface area contributed by atoms with Crippen LogP contribution < -0.4 is 10.2 Å². The Morgan fingerprint density at radius 1 is 1.22 bits per heavy atom. The molecule has 0 saturated carbocycles. The van der Waals surface area contributed by atoms with Crippen LogP contribution in [0.4, 0.5) is 19.3 Å². The number of carbonyl (C=O) groups is 1. The van der Waals surface area contributed by atoms with Gasteiger partial charge in [-0.1, -0.05) is 29.5 Å². The zero-order valence-corrected chi connectivity index (χ0v) is 17.8. The maximum Gasteiger partial charge on any atom is 0.415 e. The van der Waals surface area contributed by atoms with E-state index in [1.54, 1.807) is 29.2 Å². The second-order valence-corrected chi connectivity index (χ2v) is 8.09. The van der Waals surface area contributed by atoms with Crippen LogP contribution in [0.2, 0.25) is 0 Å². The lowest BCUT2D eigenvalue weighted by Crippen LogP contribution is -2.36. The van der Waals surface area contributed by atoms with Gasteiger partial charge in [0, 0.05) is 18.3 Å². The Morgan fingerprint density at radius 3 is 2.72 bits per heavy atom. The molecule has 1 aliphatic rings. The van der Waals surface area contributed by atoms with E-state index >= 15 is 0 Å². The van der Waals surface area contributed by atoms with Gasteiger partial charge >= 0.3 is 6.09 Å². The molecular weight excluding hydrogens is 416 g/mol. The number of hydrogen-bond donors (Lipinski definition) is 1. The molecule has 1 amide bonds. The fourth-order valence-corrected chi connectivity index (χ4v) is 3.77. The molecule has 1 aromatic heterocycles. The highest BCUT2D eigenvalue weighted by Crippen LogP contribution is 2.32. The summed E-state index contributed by atoms with van der Waals surface area (Å²) in [7, 11) is 0. The van der Waals surface area contributed by atoms with E-state index in [1.165, 1.54) is 11.0 Å². The van der Waals surface area contributed by atoms with Gasteiger partial charge in [0.2, 0.25) is 0 Å². The van der Waals surface area contributed by atoms with Crippen molar-refractivity contribution in [2.45, 2.75) is 32.0 Å². The second kappa shape index (κ2) is 9.44. The number of nitrogens with zero attached hydrogens (tertiary/aromatic N) is 4. The molecule has 3 aromatic rings. The summed E-state index contributed by atoms with van der Waals surface area (Å²) in [5.41, 5.74) is 1.86. The molecule has 7 nitrogen and oxygen atoms in total. The topological polar surface area (TPSA) is 72.3 Å². The number of halogens is 2. The summed E-state index contributed by atoms with van der Waals surface area (Å²) in [5.74, 6) is -0.422. The number of amides is 1. The summed E-state index contributed by atoms with van der Waals surface area (Å²) < 4.78 is 34.3. The molecule has 2 aromatic carbocycles. The molecule has 0 aliphatic carbocycles. The molecule has 4 rings (SSSR count). The number of anilines is 1. The van der Waals surface area contributed by atoms with E-state index in [4.69, 9.17) is 4.74 Å². The third kappa shape index (κ3) is 4.94. The van der Waals surface area contributed by atoms with Crippen molar-refractivity contribution in [1.82, 2.24) is 20.3 Å². The van der Waals surface area contributed by atoms with Crippen LogP contribution in [-0.4, -0.2) is 46.5 Å². The van der Waals surface area contributed by atoms with E-state index in [2.05, 4.69) is 15.6 Å². The molecule has 9 heteroatoms. The molecule has 0 unspecified atom stereocenters. The molecule has 1 saturated heterocycles. The largest absolute Gasteiger partial charge is 0.439 e. The van der Waals surface area contributed by atoms with Crippen LogP contribution in [0.1, 0.15) is 18.9 Å². The van der Waals surface area contributed by atoms with Gasteiger partial charge in [0.05, 0.1) is 31.6 Å². The van der Waals surface area contributed by atoms with Crippen molar-refractivity contribution in [3.05, 3.63) is 66.2 Å². The van der Waals surface area contributed by atoms with Crippen LogP contribution in [-0.2, 0) is 17.8 Å². The first-order valence-electron chi connectivity index (χ1n) is 10.5. The quantitative estimate of drug-likeness (QED) is 0.509. The van der Waals surface area contributed by atoms with E-state index in [9.17, 15) is 13.6 Å². The number of rotatable bonds is 9. The van der Waals surface area contributed by atoms with Gasteiger partial charge in [-0.25, -0.2) is 13.9 Å². The van der Waals surface area contributed by atoms with E-state index in [1.807, 2.05) is 31.2 Å². The van der Waals surface area contributed by atoms with Gasteiger partial charge < -0.3 is 10.1 Å². The molecule has 0 radical (unpaired) electrons. The van der Waals surface area contributed by atoms with Crippen molar-refractivity contribution < 1.29 is 18.3 Å². The molecule has 1 atom stereocenters. The highest BCUT2D eigenvalue weighted by atomic mass is 19.1. The Hall–Kier alpha value is -3.33. The first-order chi connectivity index (χ1) is 15.5. The van der Waals surface area contributed by atoms with Crippen molar-refractivity contribution in [2.75, 3.05) is 24.7 Å². The standard InChI is InChI=1S/C23H25F2N5O2/c1-23(15-29-12-11-27-28-29)16-30(22(31)32-23)19-7-8-20(21(25)13-19)18-5-3-17(4-6-18)14-26-10-2-9-24/h3-8,11-13,26H,2,9-10,14-16H2,1H3/t23-/m0/s1. The van der Waals surface area contributed by atoms with Gasteiger partial charge in [0.15, 0.2) is 0 Å². The van der Waals surface area contributed by atoms with Crippen molar-refractivity contribution in [2.24, 2.45) is 0 Å². The van der Waals surface area contributed by atoms with E-state index in [-0.39, 0.29) is 13.2 Å². The monoisotopic (exact) mass is 441 g/mol. The minimum Gasteiger partial charge on any atom is -0.439 e. The number of benzene rings is 2. The summed E-state index contributed by atoms with van der Waals surface area (Å²) in [6.07, 6.45) is 3.22. The van der Waals surface area contributed by atoms with Gasteiger partial charge in [0.25, 0.3) is 0 Å². The minimum absolute atomic E-state index is 0.272. The van der Waals surface area contributed by atoms with Gasteiger partial charge in [-0.2, -0.15) is 0 Å².